The number of pyridine rings is 1. The highest BCUT2D eigenvalue weighted by atomic mass is 19.1. The molecule has 2 aliphatic rings. The van der Waals surface area contributed by atoms with Crippen LogP contribution in [0.15, 0.2) is 29.2 Å². The van der Waals surface area contributed by atoms with Gasteiger partial charge in [0, 0.05) is 37.5 Å². The second-order valence-corrected chi connectivity index (χ2v) is 7.17. The Morgan fingerprint density at radius 1 is 1.27 bits per heavy atom. The molecule has 2 aromatic rings. The van der Waals surface area contributed by atoms with Crippen LogP contribution < -0.4 is 10.7 Å². The lowest BCUT2D eigenvalue weighted by molar-refractivity contribution is -0.0488. The number of ether oxygens (including phenoxy) is 1. The molecule has 2 aliphatic heterocycles. The molecule has 2 N–H and O–H groups in total. The number of hydrogen-bond acceptors (Lipinski definition) is 5. The fraction of sp³-hybridized carbons (Fsp3) is 0.350. The summed E-state index contributed by atoms with van der Waals surface area (Å²) < 4.78 is 33.8. The molecule has 1 unspecified atom stereocenters. The van der Waals surface area contributed by atoms with Crippen molar-refractivity contribution in [2.45, 2.75) is 32.2 Å². The van der Waals surface area contributed by atoms with Crippen LogP contribution in [0, 0.1) is 11.6 Å². The molecule has 0 aliphatic carbocycles. The lowest BCUT2D eigenvalue weighted by atomic mass is 10.1. The summed E-state index contributed by atoms with van der Waals surface area (Å²) in [4.78, 5) is 39.3. The van der Waals surface area contributed by atoms with E-state index in [1.165, 1.54) is 21.7 Å². The second kappa shape index (κ2) is 7.86. The fourth-order valence-corrected chi connectivity index (χ4v) is 3.64. The molecule has 158 valence electrons. The summed E-state index contributed by atoms with van der Waals surface area (Å²) in [6.07, 6.45) is 2.16. The molecular formula is C20H19F2N3O5. The largest absolute Gasteiger partial charge is 0.503 e. The standard InChI is InChI=1S/C20H19F2N3O5/c21-12-4-3-11(14(22)7-12)8-23-19(28)13-9-24-10-15-25(5-1-2-6-30-15)20(29)16(24)18(27)17(13)26/h3-4,7,9,15,27H,1-2,5-6,8,10H2,(H,23,28). The van der Waals surface area contributed by atoms with E-state index in [1.54, 1.807) is 0 Å². The highest BCUT2D eigenvalue weighted by molar-refractivity contribution is 5.99. The van der Waals surface area contributed by atoms with Gasteiger partial charge in [0.15, 0.2) is 17.7 Å². The van der Waals surface area contributed by atoms with Crippen LogP contribution in [0.4, 0.5) is 8.78 Å². The quantitative estimate of drug-likeness (QED) is 0.782. The monoisotopic (exact) mass is 419 g/mol. The molecule has 1 aromatic carbocycles. The van der Waals surface area contributed by atoms with Crippen molar-refractivity contribution in [2.75, 3.05) is 13.2 Å². The molecule has 1 saturated heterocycles. The maximum atomic E-state index is 13.8. The average molecular weight is 419 g/mol. The van der Waals surface area contributed by atoms with E-state index in [2.05, 4.69) is 5.32 Å². The topological polar surface area (TPSA) is 101 Å². The van der Waals surface area contributed by atoms with Gasteiger partial charge < -0.3 is 24.6 Å². The van der Waals surface area contributed by atoms with Crippen LogP contribution in [0.2, 0.25) is 0 Å². The van der Waals surface area contributed by atoms with Crippen molar-refractivity contribution in [2.24, 2.45) is 0 Å². The van der Waals surface area contributed by atoms with Crippen LogP contribution in [-0.2, 0) is 17.8 Å². The van der Waals surface area contributed by atoms with Gasteiger partial charge in [-0.2, -0.15) is 0 Å². The summed E-state index contributed by atoms with van der Waals surface area (Å²) in [5, 5.41) is 12.7. The molecule has 3 heterocycles. The average Bonchev–Trinajstić information content (AvgIpc) is 2.95. The molecule has 1 atom stereocenters. The first kappa shape index (κ1) is 20.0. The molecule has 10 heteroatoms. The summed E-state index contributed by atoms with van der Waals surface area (Å²) >= 11 is 0. The van der Waals surface area contributed by atoms with Gasteiger partial charge in [-0.15, -0.1) is 0 Å². The normalized spacial score (nSPS) is 18.4. The molecule has 1 aromatic heterocycles. The van der Waals surface area contributed by atoms with E-state index in [9.17, 15) is 28.3 Å². The van der Waals surface area contributed by atoms with Crippen molar-refractivity contribution < 1.29 is 28.2 Å². The van der Waals surface area contributed by atoms with Crippen LogP contribution in [0.1, 0.15) is 39.3 Å². The van der Waals surface area contributed by atoms with Crippen molar-refractivity contribution in [3.8, 4) is 5.75 Å². The second-order valence-electron chi connectivity index (χ2n) is 7.17. The van der Waals surface area contributed by atoms with E-state index >= 15 is 0 Å². The Hall–Kier alpha value is -3.27. The van der Waals surface area contributed by atoms with E-state index in [0.717, 1.165) is 18.9 Å². The first-order chi connectivity index (χ1) is 14.4. The summed E-state index contributed by atoms with van der Waals surface area (Å²) in [7, 11) is 0. The number of benzene rings is 1. The Kier molecular flexibility index (Phi) is 5.25. The molecule has 8 nitrogen and oxygen atoms in total. The van der Waals surface area contributed by atoms with E-state index in [1.807, 2.05) is 0 Å². The number of fused-ring (bicyclic) bond motifs is 2. The molecule has 0 spiro atoms. The van der Waals surface area contributed by atoms with Gasteiger partial charge in [-0.3, -0.25) is 14.4 Å². The number of amides is 2. The van der Waals surface area contributed by atoms with Crippen molar-refractivity contribution in [3.63, 3.8) is 0 Å². The predicted molar refractivity (Wildman–Crippen MR) is 99.9 cm³/mol. The van der Waals surface area contributed by atoms with Gasteiger partial charge in [-0.25, -0.2) is 8.78 Å². The van der Waals surface area contributed by atoms with E-state index in [-0.39, 0.29) is 24.3 Å². The van der Waals surface area contributed by atoms with E-state index in [0.29, 0.717) is 19.2 Å². The van der Waals surface area contributed by atoms with Crippen LogP contribution in [0.3, 0.4) is 0 Å². The van der Waals surface area contributed by atoms with E-state index in [4.69, 9.17) is 4.74 Å². The van der Waals surface area contributed by atoms with Crippen molar-refractivity contribution in [1.82, 2.24) is 14.8 Å². The lowest BCUT2D eigenvalue weighted by Crippen LogP contribution is -2.50. The zero-order chi connectivity index (χ0) is 21.4. The third-order valence-corrected chi connectivity index (χ3v) is 5.22. The Morgan fingerprint density at radius 3 is 2.83 bits per heavy atom. The Balaban J connectivity index is 1.62. The number of hydrogen-bond donors (Lipinski definition) is 2. The fourth-order valence-electron chi connectivity index (χ4n) is 3.64. The molecule has 30 heavy (non-hydrogen) atoms. The highest BCUT2D eigenvalue weighted by Gasteiger charge is 2.37. The zero-order valence-electron chi connectivity index (χ0n) is 15.9. The number of aromatic nitrogens is 1. The van der Waals surface area contributed by atoms with Gasteiger partial charge in [-0.05, 0) is 18.9 Å². The number of halogens is 2. The molecule has 0 bridgehead atoms. The first-order valence-electron chi connectivity index (χ1n) is 9.48. The maximum absolute atomic E-state index is 13.8. The Morgan fingerprint density at radius 2 is 2.07 bits per heavy atom. The lowest BCUT2D eigenvalue weighted by Gasteiger charge is -2.36. The summed E-state index contributed by atoms with van der Waals surface area (Å²) in [5.41, 5.74) is -1.55. The predicted octanol–water partition coefficient (Wildman–Crippen LogP) is 1.35. The van der Waals surface area contributed by atoms with Crippen molar-refractivity contribution in [1.29, 1.82) is 0 Å². The van der Waals surface area contributed by atoms with Gasteiger partial charge in [0.2, 0.25) is 5.43 Å². The Bertz CT molecular complexity index is 1080. The minimum Gasteiger partial charge on any atom is -0.503 e. The number of aromatic hydroxyl groups is 1. The van der Waals surface area contributed by atoms with E-state index < -0.39 is 46.4 Å². The number of rotatable bonds is 3. The first-order valence-corrected chi connectivity index (χ1v) is 9.48. The smallest absolute Gasteiger partial charge is 0.276 e. The Labute approximate surface area is 169 Å². The summed E-state index contributed by atoms with van der Waals surface area (Å²) in [6.45, 7) is 0.794. The molecule has 0 saturated carbocycles. The number of nitrogens with zero attached hydrogens (tertiary/aromatic N) is 2. The molecule has 4 rings (SSSR count). The SMILES string of the molecule is O=C(NCc1ccc(F)cc1F)c1cn2c(c(O)c1=O)C(=O)N1CCCCOC1C2. The summed E-state index contributed by atoms with van der Waals surface area (Å²) in [6, 6.07) is 2.91. The van der Waals surface area contributed by atoms with Crippen molar-refractivity contribution in [3.05, 3.63) is 63.1 Å². The van der Waals surface area contributed by atoms with Crippen LogP contribution >= 0.6 is 0 Å². The molecule has 1 fully saturated rings. The number of nitrogens with one attached hydrogen (secondary N) is 1. The van der Waals surface area contributed by atoms with Crippen LogP contribution in [-0.4, -0.2) is 45.8 Å². The third kappa shape index (κ3) is 3.54. The number of carbonyl (C=O) groups excluding carboxylic acids is 2. The number of carbonyl (C=O) groups is 2. The van der Waals surface area contributed by atoms with Gasteiger partial charge >= 0.3 is 0 Å². The maximum Gasteiger partial charge on any atom is 0.276 e. The van der Waals surface area contributed by atoms with Gasteiger partial charge in [-0.1, -0.05) is 6.07 Å². The zero-order valence-corrected chi connectivity index (χ0v) is 15.9. The highest BCUT2D eigenvalue weighted by Crippen LogP contribution is 2.26. The molecule has 0 radical (unpaired) electrons. The summed E-state index contributed by atoms with van der Waals surface area (Å²) in [5.74, 6) is -3.80. The van der Waals surface area contributed by atoms with Gasteiger partial charge in [0.25, 0.3) is 11.8 Å². The molecule has 2 amide bonds. The third-order valence-electron chi connectivity index (χ3n) is 5.22. The minimum absolute atomic E-state index is 0.0321. The van der Waals surface area contributed by atoms with Crippen molar-refractivity contribution >= 4 is 11.8 Å². The van der Waals surface area contributed by atoms with Crippen LogP contribution in [0.25, 0.3) is 0 Å². The van der Waals surface area contributed by atoms with Gasteiger partial charge in [0.05, 0.1) is 6.54 Å². The van der Waals surface area contributed by atoms with Gasteiger partial charge in [0.1, 0.15) is 17.2 Å². The van der Waals surface area contributed by atoms with Crippen LogP contribution in [0.5, 0.6) is 5.75 Å². The minimum atomic E-state index is -0.999. The molecular weight excluding hydrogens is 400 g/mol.